The van der Waals surface area contributed by atoms with Crippen LogP contribution in [0.15, 0.2) is 30.1 Å². The van der Waals surface area contributed by atoms with Crippen LogP contribution < -0.4 is 0 Å². The van der Waals surface area contributed by atoms with Gasteiger partial charge in [-0.3, -0.25) is 0 Å². The van der Waals surface area contributed by atoms with E-state index in [4.69, 9.17) is 5.26 Å². The van der Waals surface area contributed by atoms with Crippen molar-refractivity contribution in [1.29, 1.82) is 5.26 Å². The Morgan fingerprint density at radius 2 is 1.90 bits per heavy atom. The molecule has 1 aromatic carbocycles. The first kappa shape index (κ1) is 15.6. The summed E-state index contributed by atoms with van der Waals surface area (Å²) in [5, 5.41) is 8.32. The molecule has 1 aromatic rings. The molecule has 0 N–H and O–H groups in total. The third-order valence-corrected chi connectivity index (χ3v) is 4.27. The Kier molecular flexibility index (Phi) is 5.44. The maximum Gasteiger partial charge on any atom is 0.196 e. The largest absolute Gasteiger partial charge is 0.204 e. The number of hydrogen-bond donors (Lipinski definition) is 0. The molecule has 0 heterocycles. The first-order valence-corrected chi connectivity index (χ1v) is 7.31. The lowest BCUT2D eigenvalue weighted by Gasteiger charge is -2.28. The van der Waals surface area contributed by atoms with Crippen LogP contribution in [0.3, 0.4) is 0 Å². The minimum absolute atomic E-state index is 0.280. The van der Waals surface area contributed by atoms with Gasteiger partial charge in [0.1, 0.15) is 6.07 Å². The van der Waals surface area contributed by atoms with Gasteiger partial charge in [-0.05, 0) is 74.1 Å². The van der Waals surface area contributed by atoms with E-state index in [0.29, 0.717) is 12.3 Å². The normalized spacial score (nSPS) is 22.9. The molecule has 0 radical (unpaired) electrons. The van der Waals surface area contributed by atoms with E-state index in [0.717, 1.165) is 37.7 Å². The van der Waals surface area contributed by atoms with Gasteiger partial charge in [0.25, 0.3) is 0 Å². The summed E-state index contributed by atoms with van der Waals surface area (Å²) in [4.78, 5) is 0. The summed E-state index contributed by atoms with van der Waals surface area (Å²) >= 11 is 0. The third-order valence-electron chi connectivity index (χ3n) is 4.27. The monoisotopic (exact) mass is 293 g/mol. The van der Waals surface area contributed by atoms with Gasteiger partial charge >= 0.3 is 0 Å². The highest BCUT2D eigenvalue weighted by Crippen LogP contribution is 2.37. The zero-order valence-corrected chi connectivity index (χ0v) is 11.8. The molecule has 0 unspecified atom stereocenters. The fourth-order valence-corrected chi connectivity index (χ4v) is 3.04. The molecule has 4 heteroatoms. The van der Waals surface area contributed by atoms with Gasteiger partial charge in [0, 0.05) is 0 Å². The highest BCUT2D eigenvalue weighted by molar-refractivity contribution is 5.22. The molecule has 1 aliphatic carbocycles. The SMILES string of the molecule is N#CC(F)=CCC[C@H]1CC[C@H](c2ccc(F)c(F)c2)CC1. The van der Waals surface area contributed by atoms with E-state index in [9.17, 15) is 13.2 Å². The van der Waals surface area contributed by atoms with Gasteiger partial charge in [-0.15, -0.1) is 0 Å². The number of nitrogens with zero attached hydrogens (tertiary/aromatic N) is 1. The van der Waals surface area contributed by atoms with Crippen molar-refractivity contribution < 1.29 is 13.2 Å². The molecule has 0 bridgehead atoms. The number of rotatable bonds is 4. The van der Waals surface area contributed by atoms with E-state index < -0.39 is 17.5 Å². The van der Waals surface area contributed by atoms with Gasteiger partial charge in [-0.1, -0.05) is 6.07 Å². The third kappa shape index (κ3) is 4.35. The van der Waals surface area contributed by atoms with Gasteiger partial charge in [0.2, 0.25) is 0 Å². The van der Waals surface area contributed by atoms with E-state index >= 15 is 0 Å². The lowest BCUT2D eigenvalue weighted by Crippen LogP contribution is -2.13. The highest BCUT2D eigenvalue weighted by Gasteiger charge is 2.22. The molecule has 1 fully saturated rings. The Labute approximate surface area is 123 Å². The Morgan fingerprint density at radius 1 is 1.19 bits per heavy atom. The van der Waals surface area contributed by atoms with Crippen LogP contribution in [-0.2, 0) is 0 Å². The number of allylic oxidation sites excluding steroid dienone is 2. The second-order valence-corrected chi connectivity index (χ2v) is 5.63. The van der Waals surface area contributed by atoms with Crippen LogP contribution in [0.4, 0.5) is 13.2 Å². The van der Waals surface area contributed by atoms with Crippen molar-refractivity contribution in [3.8, 4) is 6.07 Å². The Bertz CT molecular complexity index is 552. The number of hydrogen-bond acceptors (Lipinski definition) is 1. The summed E-state index contributed by atoms with van der Waals surface area (Å²) in [6, 6.07) is 5.61. The lowest BCUT2D eigenvalue weighted by atomic mass is 9.77. The van der Waals surface area contributed by atoms with E-state index in [2.05, 4.69) is 0 Å². The molecule has 1 saturated carbocycles. The smallest absolute Gasteiger partial charge is 0.196 e. The molecule has 0 amide bonds. The molecule has 21 heavy (non-hydrogen) atoms. The lowest BCUT2D eigenvalue weighted by molar-refractivity contribution is 0.311. The van der Waals surface area contributed by atoms with Crippen molar-refractivity contribution in [2.24, 2.45) is 5.92 Å². The number of benzene rings is 1. The van der Waals surface area contributed by atoms with Gasteiger partial charge in [-0.25, -0.2) is 8.78 Å². The summed E-state index contributed by atoms with van der Waals surface area (Å²) in [6.45, 7) is 0. The first-order chi connectivity index (χ1) is 10.1. The number of halogens is 3. The number of nitriles is 1. The van der Waals surface area contributed by atoms with Gasteiger partial charge < -0.3 is 0 Å². The highest BCUT2D eigenvalue weighted by atomic mass is 19.2. The molecule has 1 nitrogen and oxygen atoms in total. The topological polar surface area (TPSA) is 23.8 Å². The van der Waals surface area contributed by atoms with Gasteiger partial charge in [0.05, 0.1) is 0 Å². The van der Waals surface area contributed by atoms with Crippen molar-refractivity contribution in [2.75, 3.05) is 0 Å². The summed E-state index contributed by atoms with van der Waals surface area (Å²) in [6.07, 6.45) is 6.69. The minimum Gasteiger partial charge on any atom is -0.204 e. The van der Waals surface area contributed by atoms with Crippen LogP contribution in [-0.4, -0.2) is 0 Å². The van der Waals surface area contributed by atoms with E-state index in [1.165, 1.54) is 24.3 Å². The van der Waals surface area contributed by atoms with Crippen LogP contribution in [0.1, 0.15) is 50.0 Å². The molecule has 0 aromatic heterocycles. The Hall–Kier alpha value is -1.76. The summed E-state index contributed by atoms with van der Waals surface area (Å²) in [7, 11) is 0. The van der Waals surface area contributed by atoms with Crippen LogP contribution in [0.2, 0.25) is 0 Å². The Morgan fingerprint density at radius 3 is 2.52 bits per heavy atom. The molecular formula is C17H18F3N. The Balaban J connectivity index is 1.83. The second-order valence-electron chi connectivity index (χ2n) is 5.63. The van der Waals surface area contributed by atoms with E-state index in [1.54, 1.807) is 6.07 Å². The maximum atomic E-state index is 13.2. The molecule has 112 valence electrons. The van der Waals surface area contributed by atoms with Crippen molar-refractivity contribution in [3.05, 3.63) is 47.3 Å². The van der Waals surface area contributed by atoms with Gasteiger partial charge in [0.15, 0.2) is 17.5 Å². The summed E-state index contributed by atoms with van der Waals surface area (Å²) in [5.74, 6) is -1.51. The summed E-state index contributed by atoms with van der Waals surface area (Å²) < 4.78 is 38.8. The fourth-order valence-electron chi connectivity index (χ4n) is 3.04. The molecule has 2 rings (SSSR count). The van der Waals surface area contributed by atoms with Crippen LogP contribution in [0.5, 0.6) is 0 Å². The average Bonchev–Trinajstić information content (AvgIpc) is 2.50. The first-order valence-electron chi connectivity index (χ1n) is 7.31. The average molecular weight is 293 g/mol. The van der Waals surface area contributed by atoms with Crippen LogP contribution in [0.25, 0.3) is 0 Å². The predicted molar refractivity (Wildman–Crippen MR) is 75.1 cm³/mol. The van der Waals surface area contributed by atoms with Crippen molar-refractivity contribution in [1.82, 2.24) is 0 Å². The molecule has 0 saturated heterocycles. The van der Waals surface area contributed by atoms with Crippen molar-refractivity contribution in [3.63, 3.8) is 0 Å². The van der Waals surface area contributed by atoms with Gasteiger partial charge in [-0.2, -0.15) is 9.65 Å². The molecule has 1 aliphatic rings. The molecular weight excluding hydrogens is 275 g/mol. The zero-order valence-electron chi connectivity index (χ0n) is 11.8. The standard InChI is InChI=1S/C17H18F3N/c18-15(11-21)3-1-2-12-4-6-13(7-5-12)14-8-9-16(19)17(20)10-14/h3,8-10,12-13H,1-2,4-7H2/t12-,13-. The van der Waals surface area contributed by atoms with Crippen LogP contribution in [0, 0.1) is 28.9 Å². The fraction of sp³-hybridized carbons (Fsp3) is 0.471. The molecule has 0 atom stereocenters. The van der Waals surface area contributed by atoms with Crippen molar-refractivity contribution in [2.45, 2.75) is 44.4 Å². The van der Waals surface area contributed by atoms with Crippen LogP contribution >= 0.6 is 0 Å². The predicted octanol–water partition coefficient (Wildman–Crippen LogP) is 5.40. The summed E-state index contributed by atoms with van der Waals surface area (Å²) in [5.41, 5.74) is 0.864. The quantitative estimate of drug-likeness (QED) is 0.682. The minimum atomic E-state index is -0.807. The zero-order chi connectivity index (χ0) is 15.2. The molecule has 0 aliphatic heterocycles. The van der Waals surface area contributed by atoms with E-state index in [-0.39, 0.29) is 5.92 Å². The molecule has 0 spiro atoms. The second kappa shape index (κ2) is 7.31. The van der Waals surface area contributed by atoms with E-state index in [1.807, 2.05) is 0 Å². The van der Waals surface area contributed by atoms with Crippen molar-refractivity contribution >= 4 is 0 Å². The maximum absolute atomic E-state index is 13.2.